The average molecular weight is 416 g/mol. The van der Waals surface area contributed by atoms with Crippen LogP contribution in [0.15, 0.2) is 35.7 Å². The van der Waals surface area contributed by atoms with E-state index in [1.807, 2.05) is 11.4 Å². The number of unbranched alkanes of at least 4 members (excludes halogenated alkanes) is 1. The minimum absolute atomic E-state index is 0.0575. The topological polar surface area (TPSA) is 74.5 Å². The van der Waals surface area contributed by atoms with E-state index in [2.05, 4.69) is 37.7 Å². The second-order valence-corrected chi connectivity index (χ2v) is 8.67. The molecule has 3 aromatic rings. The van der Waals surface area contributed by atoms with Crippen LogP contribution in [0.2, 0.25) is 0 Å². The molecule has 0 unspecified atom stereocenters. The summed E-state index contributed by atoms with van der Waals surface area (Å²) in [4.78, 5) is 17.6. The Labute approximate surface area is 173 Å². The van der Waals surface area contributed by atoms with Crippen molar-refractivity contribution in [3.8, 4) is 0 Å². The summed E-state index contributed by atoms with van der Waals surface area (Å²) in [6.45, 7) is 6.01. The van der Waals surface area contributed by atoms with Gasteiger partial charge in [-0.15, -0.1) is 11.3 Å². The average Bonchev–Trinajstić information content (AvgIpc) is 3.34. The van der Waals surface area contributed by atoms with Crippen LogP contribution in [-0.4, -0.2) is 54.4 Å². The van der Waals surface area contributed by atoms with Crippen LogP contribution in [-0.2, 0) is 0 Å². The molecule has 3 heterocycles. The zero-order valence-electron chi connectivity index (χ0n) is 15.8. The minimum Gasteiger partial charge on any atom is -0.397 e. The normalized spacial score (nSPS) is 15.2. The van der Waals surface area contributed by atoms with Crippen LogP contribution in [0.3, 0.4) is 0 Å². The summed E-state index contributed by atoms with van der Waals surface area (Å²) < 4.78 is 4.57. The molecular weight excluding hydrogens is 390 g/mol. The number of anilines is 2. The summed E-state index contributed by atoms with van der Waals surface area (Å²) in [5, 5.41) is 7.38. The van der Waals surface area contributed by atoms with Crippen molar-refractivity contribution in [2.75, 3.05) is 49.9 Å². The van der Waals surface area contributed by atoms with Gasteiger partial charge in [0.2, 0.25) is 0 Å². The molecule has 0 saturated carbocycles. The Kier molecular flexibility index (Phi) is 6.09. The molecule has 0 aliphatic carbocycles. The molecule has 1 fully saturated rings. The molecule has 3 N–H and O–H groups in total. The van der Waals surface area contributed by atoms with Gasteiger partial charge in [0.15, 0.2) is 0 Å². The van der Waals surface area contributed by atoms with Crippen LogP contribution in [0.25, 0.3) is 10.9 Å². The Hall–Kier alpha value is -2.16. The van der Waals surface area contributed by atoms with E-state index in [4.69, 9.17) is 5.73 Å². The van der Waals surface area contributed by atoms with Gasteiger partial charge in [0.25, 0.3) is 5.91 Å². The van der Waals surface area contributed by atoms with Gasteiger partial charge >= 0.3 is 0 Å². The number of nitrogens with one attached hydrogen (secondary N) is 1. The van der Waals surface area contributed by atoms with Crippen molar-refractivity contribution in [1.29, 1.82) is 0 Å². The second-order valence-electron chi connectivity index (χ2n) is 7.00. The lowest BCUT2D eigenvalue weighted by Crippen LogP contribution is -2.46. The van der Waals surface area contributed by atoms with Gasteiger partial charge in [-0.25, -0.2) is 0 Å². The third-order valence-electron chi connectivity index (χ3n) is 5.11. The summed E-state index contributed by atoms with van der Waals surface area (Å²) in [5.74, 6) is -0.0575. The molecule has 28 heavy (non-hydrogen) atoms. The van der Waals surface area contributed by atoms with Crippen LogP contribution in [0.4, 0.5) is 10.7 Å². The molecule has 8 heteroatoms. The fourth-order valence-corrected chi connectivity index (χ4v) is 5.17. The highest BCUT2D eigenvalue weighted by Gasteiger charge is 2.20. The molecule has 0 atom stereocenters. The maximum Gasteiger partial charge on any atom is 0.263 e. The lowest BCUT2D eigenvalue weighted by Gasteiger charge is -2.35. The molecule has 0 spiro atoms. The van der Waals surface area contributed by atoms with Gasteiger partial charge in [-0.3, -0.25) is 9.69 Å². The molecule has 4 rings (SSSR count). The van der Waals surface area contributed by atoms with E-state index in [1.54, 1.807) is 17.6 Å². The lowest BCUT2D eigenvalue weighted by molar-refractivity contribution is 0.0957. The van der Waals surface area contributed by atoms with Crippen molar-refractivity contribution in [3.05, 3.63) is 40.6 Å². The lowest BCUT2D eigenvalue weighted by atomic mass is 10.2. The SMILES string of the molecule is Nc1ccsc1C(=O)NCCCCN1CCN(c2snc3ccccc23)CC1. The number of hydrogen-bond donors (Lipinski definition) is 2. The standard InChI is InChI=1S/C20H25N5OS2/c21-16-7-14-27-18(16)19(26)22-8-3-4-9-24-10-12-25(13-11-24)20-15-5-1-2-6-17(15)23-28-20/h1-2,5-7,14H,3-4,8-13,21H2,(H,22,26). The van der Waals surface area contributed by atoms with Crippen molar-refractivity contribution in [1.82, 2.24) is 14.6 Å². The number of nitrogens with zero attached hydrogens (tertiary/aromatic N) is 3. The molecular formula is C20H25N5OS2. The highest BCUT2D eigenvalue weighted by Crippen LogP contribution is 2.31. The molecule has 148 valence electrons. The van der Waals surface area contributed by atoms with Crippen LogP contribution < -0.4 is 16.0 Å². The van der Waals surface area contributed by atoms with Crippen LogP contribution in [0.5, 0.6) is 0 Å². The number of benzene rings is 1. The molecule has 1 aliphatic heterocycles. The molecule has 1 amide bonds. The van der Waals surface area contributed by atoms with Crippen molar-refractivity contribution in [2.45, 2.75) is 12.8 Å². The Bertz CT molecular complexity index is 929. The molecule has 2 aromatic heterocycles. The quantitative estimate of drug-likeness (QED) is 0.580. The van der Waals surface area contributed by atoms with Gasteiger partial charge in [0.1, 0.15) is 9.88 Å². The van der Waals surface area contributed by atoms with E-state index in [1.165, 1.54) is 21.7 Å². The monoisotopic (exact) mass is 415 g/mol. The molecule has 1 saturated heterocycles. The number of thiophene rings is 1. The highest BCUT2D eigenvalue weighted by atomic mass is 32.1. The summed E-state index contributed by atoms with van der Waals surface area (Å²) >= 11 is 3.00. The number of amides is 1. The first-order valence-electron chi connectivity index (χ1n) is 9.65. The molecule has 1 aromatic carbocycles. The number of nitrogen functional groups attached to an aromatic ring is 1. The van der Waals surface area contributed by atoms with E-state index < -0.39 is 0 Å². The van der Waals surface area contributed by atoms with Crippen LogP contribution >= 0.6 is 22.9 Å². The molecule has 6 nitrogen and oxygen atoms in total. The van der Waals surface area contributed by atoms with E-state index in [-0.39, 0.29) is 5.91 Å². The number of nitrogens with two attached hydrogens (primary N) is 1. The minimum atomic E-state index is -0.0575. The van der Waals surface area contributed by atoms with E-state index in [0.29, 0.717) is 17.1 Å². The van der Waals surface area contributed by atoms with Gasteiger partial charge in [0, 0.05) is 38.1 Å². The maximum atomic E-state index is 12.0. The smallest absolute Gasteiger partial charge is 0.263 e. The van der Waals surface area contributed by atoms with Crippen molar-refractivity contribution in [3.63, 3.8) is 0 Å². The van der Waals surface area contributed by atoms with E-state index in [9.17, 15) is 4.79 Å². The predicted molar refractivity (Wildman–Crippen MR) is 119 cm³/mol. The van der Waals surface area contributed by atoms with Gasteiger partial charge in [-0.05, 0) is 54.5 Å². The van der Waals surface area contributed by atoms with Crippen molar-refractivity contribution < 1.29 is 4.79 Å². The number of aromatic nitrogens is 1. The van der Waals surface area contributed by atoms with Crippen molar-refractivity contribution >= 4 is 50.4 Å². The fourth-order valence-electron chi connectivity index (χ4n) is 3.52. The molecule has 0 bridgehead atoms. The number of fused-ring (bicyclic) bond motifs is 1. The van der Waals surface area contributed by atoms with Gasteiger partial charge in [-0.1, -0.05) is 12.1 Å². The van der Waals surface area contributed by atoms with Gasteiger partial charge in [0.05, 0.1) is 11.2 Å². The Morgan fingerprint density at radius 1 is 1.14 bits per heavy atom. The summed E-state index contributed by atoms with van der Waals surface area (Å²) in [6, 6.07) is 10.1. The third kappa shape index (κ3) is 4.29. The van der Waals surface area contributed by atoms with Crippen LogP contribution in [0, 0.1) is 0 Å². The number of hydrogen-bond acceptors (Lipinski definition) is 7. The zero-order valence-corrected chi connectivity index (χ0v) is 17.4. The van der Waals surface area contributed by atoms with Crippen LogP contribution in [0.1, 0.15) is 22.5 Å². The van der Waals surface area contributed by atoms with Crippen molar-refractivity contribution in [2.24, 2.45) is 0 Å². The van der Waals surface area contributed by atoms with E-state index in [0.717, 1.165) is 51.1 Å². The van der Waals surface area contributed by atoms with Gasteiger partial charge < -0.3 is 16.0 Å². The summed E-state index contributed by atoms with van der Waals surface area (Å²) in [5.41, 5.74) is 7.44. The maximum absolute atomic E-state index is 12.0. The number of piperazine rings is 1. The Balaban J connectivity index is 1.16. The third-order valence-corrected chi connectivity index (χ3v) is 6.98. The number of carbonyl (C=O) groups is 1. The first kappa shape index (κ1) is 19.2. The first-order valence-corrected chi connectivity index (χ1v) is 11.3. The molecule has 1 aliphatic rings. The Morgan fingerprint density at radius 2 is 1.96 bits per heavy atom. The first-order chi connectivity index (χ1) is 13.7. The largest absolute Gasteiger partial charge is 0.397 e. The fraction of sp³-hybridized carbons (Fsp3) is 0.400. The zero-order chi connectivity index (χ0) is 19.3. The summed E-state index contributed by atoms with van der Waals surface area (Å²) in [6.07, 6.45) is 2.07. The highest BCUT2D eigenvalue weighted by molar-refractivity contribution is 7.12. The molecule has 0 radical (unpaired) electrons. The predicted octanol–water partition coefficient (Wildman–Crippen LogP) is 3.27. The van der Waals surface area contributed by atoms with E-state index >= 15 is 0 Å². The number of rotatable bonds is 7. The Morgan fingerprint density at radius 3 is 2.75 bits per heavy atom. The number of carbonyl (C=O) groups excluding carboxylic acids is 1. The van der Waals surface area contributed by atoms with Gasteiger partial charge in [-0.2, -0.15) is 4.37 Å². The summed E-state index contributed by atoms with van der Waals surface area (Å²) in [7, 11) is 0. The second kappa shape index (κ2) is 8.89.